The molecular formula is C45H69NO8. The van der Waals surface area contributed by atoms with Gasteiger partial charge < -0.3 is 23.4 Å². The second kappa shape index (κ2) is 28.2. The summed E-state index contributed by atoms with van der Waals surface area (Å²) in [5.74, 6) is -0.132. The van der Waals surface area contributed by atoms with Gasteiger partial charge in [-0.2, -0.15) is 0 Å². The molecule has 1 aromatic carbocycles. The van der Waals surface area contributed by atoms with Gasteiger partial charge in [0, 0.05) is 37.7 Å². The van der Waals surface area contributed by atoms with Crippen molar-refractivity contribution in [1.29, 1.82) is 0 Å². The minimum Gasteiger partial charge on any atom is -0.463 e. The molecule has 0 N–H and O–H groups in total. The van der Waals surface area contributed by atoms with Crippen molar-refractivity contribution < 1.29 is 33.0 Å². The molecule has 1 aromatic rings. The van der Waals surface area contributed by atoms with Crippen molar-refractivity contribution >= 4 is 23.0 Å². The number of ether oxygens (including phenoxy) is 4. The standard InChI is InChI=1S/C45H69NO8/c1-4-6-8-10-12-14-16-18-20-22-31-50-34-38(51-32-23-21-19-17-15-13-11-9-7-5-2)35-52-43(48)25-24-26-44(49)53-37-27-28-39-42(33-37)54-45-36(3)41(47)30-29-40(45)46-39/h27-30,33,38H,4-26,31-32,34-35H2,1-3H3. The molecule has 0 fully saturated rings. The van der Waals surface area contributed by atoms with Crippen molar-refractivity contribution in [3.63, 3.8) is 0 Å². The number of benzene rings is 2. The van der Waals surface area contributed by atoms with Crippen LogP contribution in [0.15, 0.2) is 39.5 Å². The third kappa shape index (κ3) is 18.8. The van der Waals surface area contributed by atoms with Gasteiger partial charge in [-0.1, -0.05) is 129 Å². The SMILES string of the molecule is CCCCCCCCCCCCOCC(COC(=O)CCCC(=O)Oc1ccc2nc3ccc(=O)c(C)c-3oc2c1)OCCCCCCCCCCCC. The molecule has 0 saturated heterocycles. The summed E-state index contributed by atoms with van der Waals surface area (Å²) < 4.78 is 29.1. The van der Waals surface area contributed by atoms with Crippen LogP contribution >= 0.6 is 0 Å². The molecule has 0 bridgehead atoms. The minimum absolute atomic E-state index is 0.0551. The lowest BCUT2D eigenvalue weighted by atomic mass is 10.1. The smallest absolute Gasteiger partial charge is 0.311 e. The van der Waals surface area contributed by atoms with Gasteiger partial charge in [0.05, 0.1) is 6.61 Å². The highest BCUT2D eigenvalue weighted by atomic mass is 16.6. The number of nitrogens with zero attached hydrogens (tertiary/aromatic N) is 1. The Morgan fingerprint density at radius 2 is 1.24 bits per heavy atom. The predicted octanol–water partition coefficient (Wildman–Crippen LogP) is 11.5. The summed E-state index contributed by atoms with van der Waals surface area (Å²) in [6, 6.07) is 8.03. The molecule has 9 heteroatoms. The van der Waals surface area contributed by atoms with Gasteiger partial charge in [0.15, 0.2) is 16.8 Å². The van der Waals surface area contributed by atoms with Crippen molar-refractivity contribution in [3.05, 3.63) is 46.1 Å². The number of carbonyl (C=O) groups excluding carboxylic acids is 2. The summed E-state index contributed by atoms with van der Waals surface area (Å²) in [5, 5.41) is 0. The minimum atomic E-state index is -0.466. The molecule has 0 amide bonds. The second-order valence-electron chi connectivity index (χ2n) is 14.8. The number of aromatic nitrogens is 1. The van der Waals surface area contributed by atoms with E-state index in [9.17, 15) is 14.4 Å². The van der Waals surface area contributed by atoms with Crippen molar-refractivity contribution in [2.45, 2.75) is 175 Å². The molecule has 1 aliphatic carbocycles. The quantitative estimate of drug-likeness (QED) is 0.0266. The zero-order valence-corrected chi connectivity index (χ0v) is 33.8. The van der Waals surface area contributed by atoms with Gasteiger partial charge in [-0.25, -0.2) is 4.98 Å². The van der Waals surface area contributed by atoms with E-state index in [0.29, 0.717) is 60.1 Å². The summed E-state index contributed by atoms with van der Waals surface area (Å²) in [6.45, 7) is 8.04. The molecule has 9 nitrogen and oxygen atoms in total. The predicted molar refractivity (Wildman–Crippen MR) is 216 cm³/mol. The summed E-state index contributed by atoms with van der Waals surface area (Å²) >= 11 is 0. The topological polar surface area (TPSA) is 114 Å². The highest BCUT2D eigenvalue weighted by Gasteiger charge is 2.17. The summed E-state index contributed by atoms with van der Waals surface area (Å²) in [4.78, 5) is 41.8. The van der Waals surface area contributed by atoms with Crippen LogP contribution in [-0.2, 0) is 23.8 Å². The van der Waals surface area contributed by atoms with E-state index >= 15 is 0 Å². The van der Waals surface area contributed by atoms with Crippen LogP contribution in [0.2, 0.25) is 0 Å². The van der Waals surface area contributed by atoms with E-state index in [1.807, 2.05) is 0 Å². The van der Waals surface area contributed by atoms with Crippen molar-refractivity contribution in [2.24, 2.45) is 0 Å². The van der Waals surface area contributed by atoms with Gasteiger partial charge in [0.2, 0.25) is 0 Å². The molecule has 54 heavy (non-hydrogen) atoms. The Kier molecular flexibility index (Phi) is 23.5. The number of unbranched alkanes of at least 4 members (excludes halogenated alkanes) is 18. The van der Waals surface area contributed by atoms with Gasteiger partial charge in [0.25, 0.3) is 0 Å². The third-order valence-corrected chi connectivity index (χ3v) is 9.94. The number of carbonyl (C=O) groups is 2. The molecule has 1 aliphatic heterocycles. The number of hydrogen-bond donors (Lipinski definition) is 0. The highest BCUT2D eigenvalue weighted by molar-refractivity contribution is 5.80. The molecule has 0 radical (unpaired) electrons. The average molecular weight is 752 g/mol. The molecule has 1 heterocycles. The van der Waals surface area contributed by atoms with Crippen LogP contribution in [0.5, 0.6) is 5.75 Å². The van der Waals surface area contributed by atoms with Crippen LogP contribution in [0.3, 0.4) is 0 Å². The second-order valence-corrected chi connectivity index (χ2v) is 14.8. The van der Waals surface area contributed by atoms with Crippen LogP contribution in [0.1, 0.15) is 167 Å². The lowest BCUT2D eigenvalue weighted by Crippen LogP contribution is -2.28. The van der Waals surface area contributed by atoms with Gasteiger partial charge in [-0.3, -0.25) is 14.4 Å². The average Bonchev–Trinajstić information content (AvgIpc) is 3.17. The zero-order chi connectivity index (χ0) is 38.6. The van der Waals surface area contributed by atoms with Crippen molar-refractivity contribution in [2.75, 3.05) is 26.4 Å². The fraction of sp³-hybridized carbons (Fsp3) is 0.689. The molecule has 3 rings (SSSR count). The van der Waals surface area contributed by atoms with E-state index in [0.717, 1.165) is 19.3 Å². The first-order valence-electron chi connectivity index (χ1n) is 21.3. The maximum Gasteiger partial charge on any atom is 0.311 e. The highest BCUT2D eigenvalue weighted by Crippen LogP contribution is 2.28. The monoisotopic (exact) mass is 752 g/mol. The Bertz CT molecular complexity index is 1490. The van der Waals surface area contributed by atoms with Gasteiger partial charge in [0.1, 0.15) is 29.7 Å². The molecule has 0 aromatic heterocycles. The van der Waals surface area contributed by atoms with Crippen molar-refractivity contribution in [1.82, 2.24) is 4.98 Å². The van der Waals surface area contributed by atoms with E-state index in [4.69, 9.17) is 23.4 Å². The molecular weight excluding hydrogens is 682 g/mol. The molecule has 1 unspecified atom stereocenters. The Balaban J connectivity index is 1.34. The fourth-order valence-corrected chi connectivity index (χ4v) is 6.56. The lowest BCUT2D eigenvalue weighted by molar-refractivity contribution is -0.150. The maximum atomic E-state index is 12.6. The molecule has 2 aliphatic rings. The fourth-order valence-electron chi connectivity index (χ4n) is 6.56. The summed E-state index contributed by atoms with van der Waals surface area (Å²) in [5.41, 5.74) is 1.91. The molecule has 0 saturated carbocycles. The number of hydrogen-bond acceptors (Lipinski definition) is 9. The first kappa shape index (κ1) is 45.1. The van der Waals surface area contributed by atoms with Crippen LogP contribution < -0.4 is 10.2 Å². The summed E-state index contributed by atoms with van der Waals surface area (Å²) in [7, 11) is 0. The van der Waals surface area contributed by atoms with Crippen LogP contribution in [0.25, 0.3) is 22.6 Å². The van der Waals surface area contributed by atoms with E-state index in [2.05, 4.69) is 18.8 Å². The largest absolute Gasteiger partial charge is 0.463 e. The first-order chi connectivity index (χ1) is 26.4. The summed E-state index contributed by atoms with van der Waals surface area (Å²) in [6.07, 6.45) is 25.6. The Morgan fingerprint density at radius 1 is 0.667 bits per heavy atom. The number of esters is 2. The van der Waals surface area contributed by atoms with Crippen LogP contribution in [0, 0.1) is 6.92 Å². The first-order valence-corrected chi connectivity index (χ1v) is 21.3. The zero-order valence-electron chi connectivity index (χ0n) is 33.8. The van der Waals surface area contributed by atoms with Crippen LogP contribution in [0.4, 0.5) is 0 Å². The maximum absolute atomic E-state index is 12.6. The van der Waals surface area contributed by atoms with Gasteiger partial charge in [-0.05, 0) is 50.5 Å². The van der Waals surface area contributed by atoms with E-state index in [-0.39, 0.29) is 37.0 Å². The number of fused-ring (bicyclic) bond motifs is 2. The molecule has 1 atom stereocenters. The Morgan fingerprint density at radius 3 is 1.87 bits per heavy atom. The van der Waals surface area contributed by atoms with E-state index < -0.39 is 5.97 Å². The normalized spacial score (nSPS) is 12.1. The third-order valence-electron chi connectivity index (χ3n) is 9.94. The van der Waals surface area contributed by atoms with Crippen LogP contribution in [-0.4, -0.2) is 49.5 Å². The Hall–Kier alpha value is -3.30. The van der Waals surface area contributed by atoms with Gasteiger partial charge in [-0.15, -0.1) is 0 Å². The molecule has 0 spiro atoms. The van der Waals surface area contributed by atoms with Crippen molar-refractivity contribution in [3.8, 4) is 17.2 Å². The number of rotatable bonds is 32. The molecule has 302 valence electrons. The van der Waals surface area contributed by atoms with Gasteiger partial charge >= 0.3 is 11.9 Å². The van der Waals surface area contributed by atoms with E-state index in [1.54, 1.807) is 31.2 Å². The Labute approximate surface area is 324 Å². The lowest BCUT2D eigenvalue weighted by Gasteiger charge is -2.18. The van der Waals surface area contributed by atoms with E-state index in [1.165, 1.54) is 115 Å².